The highest BCUT2D eigenvalue weighted by atomic mass is 19.1. The van der Waals surface area contributed by atoms with Crippen LogP contribution in [0, 0.1) is 5.82 Å². The van der Waals surface area contributed by atoms with Gasteiger partial charge in [0.05, 0.1) is 19.3 Å². The van der Waals surface area contributed by atoms with Crippen LogP contribution in [0.4, 0.5) is 9.18 Å². The Labute approximate surface area is 219 Å². The Hall–Kier alpha value is -2.68. The van der Waals surface area contributed by atoms with Crippen LogP contribution in [0.5, 0.6) is 5.75 Å². The van der Waals surface area contributed by atoms with Crippen molar-refractivity contribution in [3.8, 4) is 5.75 Å². The molecule has 1 N–H and O–H groups in total. The summed E-state index contributed by atoms with van der Waals surface area (Å²) in [4.78, 5) is 17.8. The van der Waals surface area contributed by atoms with Gasteiger partial charge in [0.15, 0.2) is 6.29 Å². The Morgan fingerprint density at radius 3 is 2.35 bits per heavy atom. The van der Waals surface area contributed by atoms with E-state index in [9.17, 15) is 9.18 Å². The minimum atomic E-state index is -0.272. The number of rotatable bonds is 11. The first-order valence-corrected chi connectivity index (χ1v) is 13.5. The SMILES string of the molecule is CC(C)Oc1ccc(CNC(=O)N(Cc2ccc(F)cc2)C2CCN(CCCC3OCCO3)CC2)cc1. The molecule has 0 aromatic heterocycles. The minimum absolute atomic E-state index is 0.0497. The van der Waals surface area contributed by atoms with Gasteiger partial charge in [-0.2, -0.15) is 0 Å². The topological polar surface area (TPSA) is 63.3 Å². The fourth-order valence-corrected chi connectivity index (χ4v) is 4.90. The van der Waals surface area contributed by atoms with Gasteiger partial charge in [0, 0.05) is 32.2 Å². The van der Waals surface area contributed by atoms with Gasteiger partial charge < -0.3 is 29.3 Å². The summed E-state index contributed by atoms with van der Waals surface area (Å²) < 4.78 is 30.2. The first kappa shape index (κ1) is 27.4. The van der Waals surface area contributed by atoms with Gasteiger partial charge in [-0.25, -0.2) is 9.18 Å². The maximum Gasteiger partial charge on any atom is 0.318 e. The van der Waals surface area contributed by atoms with Crippen molar-refractivity contribution in [3.05, 3.63) is 65.5 Å². The van der Waals surface area contributed by atoms with Crippen molar-refractivity contribution in [1.82, 2.24) is 15.1 Å². The van der Waals surface area contributed by atoms with Crippen LogP contribution < -0.4 is 10.1 Å². The predicted octanol–water partition coefficient (Wildman–Crippen LogP) is 4.94. The van der Waals surface area contributed by atoms with Gasteiger partial charge in [-0.15, -0.1) is 0 Å². The first-order chi connectivity index (χ1) is 18.0. The molecule has 0 bridgehead atoms. The van der Waals surface area contributed by atoms with Crippen LogP contribution in [-0.2, 0) is 22.6 Å². The number of amides is 2. The molecule has 0 atom stereocenters. The van der Waals surface area contributed by atoms with E-state index in [0.717, 1.165) is 62.2 Å². The van der Waals surface area contributed by atoms with Crippen LogP contribution in [0.25, 0.3) is 0 Å². The van der Waals surface area contributed by atoms with Crippen molar-refractivity contribution in [2.75, 3.05) is 32.8 Å². The zero-order valence-corrected chi connectivity index (χ0v) is 22.0. The molecule has 0 spiro atoms. The van der Waals surface area contributed by atoms with Crippen molar-refractivity contribution in [1.29, 1.82) is 0 Å². The number of carbonyl (C=O) groups is 1. The van der Waals surface area contributed by atoms with Gasteiger partial charge in [0.25, 0.3) is 0 Å². The Kier molecular flexibility index (Phi) is 10.2. The Morgan fingerprint density at radius 2 is 1.70 bits per heavy atom. The Balaban J connectivity index is 1.31. The number of piperidine rings is 1. The normalized spacial score (nSPS) is 17.3. The zero-order chi connectivity index (χ0) is 26.0. The van der Waals surface area contributed by atoms with Crippen molar-refractivity contribution in [3.63, 3.8) is 0 Å². The molecule has 2 amide bonds. The van der Waals surface area contributed by atoms with Crippen LogP contribution in [0.1, 0.15) is 50.7 Å². The molecule has 2 aliphatic rings. The summed E-state index contributed by atoms with van der Waals surface area (Å²) >= 11 is 0. The number of benzene rings is 2. The van der Waals surface area contributed by atoms with Crippen LogP contribution >= 0.6 is 0 Å². The molecule has 0 saturated carbocycles. The van der Waals surface area contributed by atoms with Gasteiger partial charge >= 0.3 is 6.03 Å². The summed E-state index contributed by atoms with van der Waals surface area (Å²) in [6.45, 7) is 9.17. The third-order valence-corrected chi connectivity index (χ3v) is 6.87. The van der Waals surface area contributed by atoms with Gasteiger partial charge in [-0.05, 0) is 81.5 Å². The van der Waals surface area contributed by atoms with Gasteiger partial charge in [0.2, 0.25) is 0 Å². The number of hydrogen-bond acceptors (Lipinski definition) is 5. The standard InChI is InChI=1S/C29H40FN3O4/c1-22(2)37-27-11-7-23(8-12-27)20-31-29(34)33(21-24-5-9-25(30)10-6-24)26-13-16-32(17-14-26)15-3-4-28-35-18-19-36-28/h5-12,22,26,28H,3-4,13-21H2,1-2H3,(H,31,34). The highest BCUT2D eigenvalue weighted by Gasteiger charge is 2.28. The maximum atomic E-state index is 13.5. The number of nitrogens with zero attached hydrogens (tertiary/aromatic N) is 2. The van der Waals surface area contributed by atoms with E-state index in [1.54, 1.807) is 12.1 Å². The van der Waals surface area contributed by atoms with E-state index < -0.39 is 0 Å². The smallest absolute Gasteiger partial charge is 0.318 e. The quantitative estimate of drug-likeness (QED) is 0.461. The van der Waals surface area contributed by atoms with E-state index in [4.69, 9.17) is 14.2 Å². The molecule has 2 aliphatic heterocycles. The number of urea groups is 1. The number of carbonyl (C=O) groups excluding carboxylic acids is 1. The minimum Gasteiger partial charge on any atom is -0.491 e. The van der Waals surface area contributed by atoms with Crippen molar-refractivity contribution >= 4 is 6.03 Å². The summed E-state index contributed by atoms with van der Waals surface area (Å²) in [5.74, 6) is 0.546. The third-order valence-electron chi connectivity index (χ3n) is 6.87. The molecule has 2 saturated heterocycles. The van der Waals surface area contributed by atoms with Crippen LogP contribution in [0.3, 0.4) is 0 Å². The first-order valence-electron chi connectivity index (χ1n) is 13.5. The molecule has 0 radical (unpaired) electrons. The third kappa shape index (κ3) is 8.69. The largest absolute Gasteiger partial charge is 0.491 e. The molecule has 2 fully saturated rings. The van der Waals surface area contributed by atoms with Gasteiger partial charge in [-0.3, -0.25) is 0 Å². The fourth-order valence-electron chi connectivity index (χ4n) is 4.90. The van der Waals surface area contributed by atoms with Crippen LogP contribution in [0.2, 0.25) is 0 Å². The second-order valence-electron chi connectivity index (χ2n) is 10.1. The van der Waals surface area contributed by atoms with Crippen LogP contribution in [-0.4, -0.2) is 67.1 Å². The van der Waals surface area contributed by atoms with Gasteiger partial charge in [0.1, 0.15) is 11.6 Å². The lowest BCUT2D eigenvalue weighted by Gasteiger charge is -2.38. The zero-order valence-electron chi connectivity index (χ0n) is 22.0. The highest BCUT2D eigenvalue weighted by molar-refractivity contribution is 5.74. The summed E-state index contributed by atoms with van der Waals surface area (Å²) in [5.41, 5.74) is 1.93. The van der Waals surface area contributed by atoms with Crippen molar-refractivity contribution in [2.45, 2.75) is 71.1 Å². The molecule has 0 unspecified atom stereocenters. The van der Waals surface area contributed by atoms with E-state index in [2.05, 4.69) is 10.2 Å². The predicted molar refractivity (Wildman–Crippen MR) is 141 cm³/mol. The van der Waals surface area contributed by atoms with Gasteiger partial charge in [-0.1, -0.05) is 24.3 Å². The number of nitrogens with one attached hydrogen (secondary N) is 1. The summed E-state index contributed by atoms with van der Waals surface area (Å²) in [5, 5.41) is 3.10. The Morgan fingerprint density at radius 1 is 1.05 bits per heavy atom. The van der Waals surface area contributed by atoms with E-state index in [-0.39, 0.29) is 30.3 Å². The monoisotopic (exact) mass is 513 g/mol. The fraction of sp³-hybridized carbons (Fsp3) is 0.552. The molecule has 37 heavy (non-hydrogen) atoms. The molecule has 2 aromatic rings. The lowest BCUT2D eigenvalue weighted by atomic mass is 10.0. The molecule has 2 heterocycles. The number of halogens is 1. The maximum absolute atomic E-state index is 13.5. The molecule has 8 heteroatoms. The average Bonchev–Trinajstić information content (AvgIpc) is 3.42. The van der Waals surface area contributed by atoms with Crippen LogP contribution in [0.15, 0.2) is 48.5 Å². The molecule has 4 rings (SSSR count). The lowest BCUT2D eigenvalue weighted by molar-refractivity contribution is -0.0492. The molecule has 7 nitrogen and oxygen atoms in total. The second kappa shape index (κ2) is 13.7. The number of ether oxygens (including phenoxy) is 3. The molecule has 2 aromatic carbocycles. The average molecular weight is 514 g/mol. The molecule has 0 aliphatic carbocycles. The van der Waals surface area contributed by atoms with E-state index >= 15 is 0 Å². The summed E-state index contributed by atoms with van der Waals surface area (Å²) in [7, 11) is 0. The summed E-state index contributed by atoms with van der Waals surface area (Å²) in [6, 6.07) is 14.3. The molecule has 202 valence electrons. The van der Waals surface area contributed by atoms with E-state index in [1.165, 1.54) is 12.1 Å². The van der Waals surface area contributed by atoms with Crippen molar-refractivity contribution in [2.24, 2.45) is 0 Å². The Bertz CT molecular complexity index is 956. The number of likely N-dealkylation sites (tertiary alicyclic amines) is 1. The lowest BCUT2D eigenvalue weighted by Crippen LogP contribution is -2.50. The van der Waals surface area contributed by atoms with E-state index in [0.29, 0.717) is 26.3 Å². The summed E-state index contributed by atoms with van der Waals surface area (Å²) in [6.07, 6.45) is 3.84. The molecular formula is C29H40FN3O4. The highest BCUT2D eigenvalue weighted by Crippen LogP contribution is 2.21. The second-order valence-corrected chi connectivity index (χ2v) is 10.1. The van der Waals surface area contributed by atoms with E-state index in [1.807, 2.05) is 43.0 Å². The number of hydrogen-bond donors (Lipinski definition) is 1. The van der Waals surface area contributed by atoms with Crippen molar-refractivity contribution < 1.29 is 23.4 Å². The molecular weight excluding hydrogens is 473 g/mol.